The molecule has 2 heterocycles. The van der Waals surface area contributed by atoms with Crippen LogP contribution in [0.1, 0.15) is 26.2 Å². The van der Waals surface area contributed by atoms with Crippen molar-refractivity contribution in [2.24, 2.45) is 0 Å². The largest absolute Gasteiger partial charge is 0.486 e. The summed E-state index contributed by atoms with van der Waals surface area (Å²) in [6.45, 7) is 2.61. The third kappa shape index (κ3) is 4.99. The highest BCUT2D eigenvalue weighted by molar-refractivity contribution is 8.01. The van der Waals surface area contributed by atoms with Crippen molar-refractivity contribution in [2.45, 2.75) is 42.7 Å². The number of hydrogen-bond donors (Lipinski definition) is 1. The molecule has 1 atom stereocenters. The zero-order chi connectivity index (χ0) is 20.2. The van der Waals surface area contributed by atoms with Crippen LogP contribution in [-0.4, -0.2) is 53.1 Å². The predicted octanol–water partition coefficient (Wildman–Crippen LogP) is 2.49. The van der Waals surface area contributed by atoms with Gasteiger partial charge in [-0.1, -0.05) is 42.2 Å². The molecule has 4 rings (SSSR count). The highest BCUT2D eigenvalue weighted by atomic mass is 32.2. The van der Waals surface area contributed by atoms with Crippen molar-refractivity contribution < 1.29 is 19.1 Å². The maximum atomic E-state index is 12.2. The lowest BCUT2D eigenvalue weighted by Gasteiger charge is -2.26. The Kier molecular flexibility index (Phi) is 6.19. The van der Waals surface area contributed by atoms with Crippen molar-refractivity contribution in [3.8, 4) is 11.5 Å². The van der Waals surface area contributed by atoms with Crippen molar-refractivity contribution in [3.05, 3.63) is 24.3 Å². The van der Waals surface area contributed by atoms with E-state index in [1.165, 1.54) is 23.1 Å². The first-order chi connectivity index (χ1) is 14.1. The molecule has 1 N–H and O–H groups in total. The third-order valence-electron chi connectivity index (χ3n) is 4.51. The Labute approximate surface area is 177 Å². The molecule has 2 aromatic rings. The van der Waals surface area contributed by atoms with E-state index >= 15 is 0 Å². The van der Waals surface area contributed by atoms with Crippen LogP contribution in [0.3, 0.4) is 0 Å². The summed E-state index contributed by atoms with van der Waals surface area (Å²) in [5, 5.41) is 11.8. The third-order valence-corrected chi connectivity index (χ3v) is 6.56. The molecule has 2 aliphatic rings. The molecule has 0 radical (unpaired) electrons. The Bertz CT molecular complexity index is 887. The number of para-hydroxylation sites is 2. The number of carbonyl (C=O) groups excluding carboxylic acids is 2. The highest BCUT2D eigenvalue weighted by Gasteiger charge is 2.35. The SMILES string of the molecule is CCC(=O)N(c1nnc(SCC(=O)NCC2COc3ccccc3O2)s1)C1CC1. The van der Waals surface area contributed by atoms with Crippen LogP contribution in [-0.2, 0) is 9.59 Å². The van der Waals surface area contributed by atoms with Crippen LogP contribution < -0.4 is 19.7 Å². The maximum Gasteiger partial charge on any atom is 0.230 e. The molecule has 1 unspecified atom stereocenters. The number of amides is 2. The van der Waals surface area contributed by atoms with Gasteiger partial charge in [-0.25, -0.2) is 0 Å². The molecule has 8 nitrogen and oxygen atoms in total. The lowest BCUT2D eigenvalue weighted by atomic mass is 10.2. The molecule has 1 aromatic heterocycles. The van der Waals surface area contributed by atoms with Gasteiger partial charge in [-0.2, -0.15) is 0 Å². The Balaban J connectivity index is 1.23. The van der Waals surface area contributed by atoms with E-state index in [2.05, 4.69) is 15.5 Å². The van der Waals surface area contributed by atoms with Crippen molar-refractivity contribution in [1.82, 2.24) is 15.5 Å². The summed E-state index contributed by atoms with van der Waals surface area (Å²) in [5.74, 6) is 1.59. The number of anilines is 1. The van der Waals surface area contributed by atoms with Crippen molar-refractivity contribution >= 4 is 40.0 Å². The van der Waals surface area contributed by atoms with Crippen LogP contribution in [0.15, 0.2) is 28.6 Å². The molecule has 1 aliphatic carbocycles. The predicted molar refractivity (Wildman–Crippen MR) is 111 cm³/mol. The van der Waals surface area contributed by atoms with Crippen LogP contribution in [0.25, 0.3) is 0 Å². The number of carbonyl (C=O) groups is 2. The number of benzene rings is 1. The van der Waals surface area contributed by atoms with E-state index in [0.717, 1.165) is 18.6 Å². The Hall–Kier alpha value is -2.33. The first-order valence-corrected chi connectivity index (χ1v) is 11.4. The van der Waals surface area contributed by atoms with Gasteiger partial charge in [0, 0.05) is 12.5 Å². The molecule has 0 spiro atoms. The van der Waals surface area contributed by atoms with Crippen molar-refractivity contribution in [2.75, 3.05) is 23.8 Å². The minimum absolute atomic E-state index is 0.0641. The Morgan fingerprint density at radius 2 is 2.07 bits per heavy atom. The number of hydrogen-bond acceptors (Lipinski definition) is 8. The van der Waals surface area contributed by atoms with Crippen LogP contribution in [0, 0.1) is 0 Å². The molecule has 1 aliphatic heterocycles. The quantitative estimate of drug-likeness (QED) is 0.504. The fraction of sp³-hybridized carbons (Fsp3) is 0.474. The second-order valence-electron chi connectivity index (χ2n) is 6.79. The minimum Gasteiger partial charge on any atom is -0.486 e. The fourth-order valence-corrected chi connectivity index (χ4v) is 4.66. The van der Waals surface area contributed by atoms with E-state index in [1.807, 2.05) is 31.2 Å². The second kappa shape index (κ2) is 9.00. The summed E-state index contributed by atoms with van der Waals surface area (Å²) in [6.07, 6.45) is 2.23. The standard InChI is InChI=1S/C19H22N4O4S2/c1-2-17(25)23(12-7-8-12)18-21-22-19(29-18)28-11-16(24)20-9-13-10-26-14-5-3-4-6-15(14)27-13/h3-6,12-13H,2,7-11H2,1H3,(H,20,24). The fourth-order valence-electron chi connectivity index (χ4n) is 2.90. The van der Waals surface area contributed by atoms with Gasteiger partial charge in [-0.15, -0.1) is 10.2 Å². The first-order valence-electron chi connectivity index (χ1n) is 9.57. The van der Waals surface area contributed by atoms with Gasteiger partial charge in [0.05, 0.1) is 12.3 Å². The number of aromatic nitrogens is 2. The number of thioether (sulfide) groups is 1. The number of rotatable bonds is 8. The summed E-state index contributed by atoms with van der Waals surface area (Å²) in [5.41, 5.74) is 0. The van der Waals surface area contributed by atoms with Gasteiger partial charge in [-0.3, -0.25) is 14.5 Å². The molecular weight excluding hydrogens is 412 g/mol. The number of ether oxygens (including phenoxy) is 2. The van der Waals surface area contributed by atoms with E-state index in [9.17, 15) is 9.59 Å². The van der Waals surface area contributed by atoms with E-state index in [1.54, 1.807) is 4.90 Å². The second-order valence-corrected chi connectivity index (χ2v) is 8.97. The normalized spacial score (nSPS) is 17.6. The van der Waals surface area contributed by atoms with Gasteiger partial charge >= 0.3 is 0 Å². The van der Waals surface area contributed by atoms with Crippen LogP contribution >= 0.6 is 23.1 Å². The van der Waals surface area contributed by atoms with Gasteiger partial charge in [0.25, 0.3) is 0 Å². The molecule has 154 valence electrons. The van der Waals surface area contributed by atoms with Gasteiger partial charge in [0.15, 0.2) is 15.8 Å². The number of nitrogens with zero attached hydrogens (tertiary/aromatic N) is 3. The summed E-state index contributed by atoms with van der Waals surface area (Å²) in [7, 11) is 0. The molecule has 10 heteroatoms. The average molecular weight is 435 g/mol. The molecule has 1 aromatic carbocycles. The highest BCUT2D eigenvalue weighted by Crippen LogP contribution is 2.36. The molecule has 2 amide bonds. The molecule has 29 heavy (non-hydrogen) atoms. The summed E-state index contributed by atoms with van der Waals surface area (Å²) < 4.78 is 12.2. The van der Waals surface area contributed by atoms with E-state index in [0.29, 0.717) is 34.8 Å². The Morgan fingerprint density at radius 3 is 2.83 bits per heavy atom. The monoisotopic (exact) mass is 434 g/mol. The van der Waals surface area contributed by atoms with Crippen molar-refractivity contribution in [1.29, 1.82) is 0 Å². The summed E-state index contributed by atoms with van der Waals surface area (Å²) >= 11 is 2.67. The minimum atomic E-state index is -0.223. The molecule has 0 saturated heterocycles. The molecule has 0 bridgehead atoms. The van der Waals surface area contributed by atoms with E-state index in [-0.39, 0.29) is 29.7 Å². The van der Waals surface area contributed by atoms with Crippen molar-refractivity contribution in [3.63, 3.8) is 0 Å². The van der Waals surface area contributed by atoms with E-state index in [4.69, 9.17) is 9.47 Å². The van der Waals surface area contributed by atoms with Gasteiger partial charge in [-0.05, 0) is 25.0 Å². The lowest BCUT2D eigenvalue weighted by molar-refractivity contribution is -0.119. The van der Waals surface area contributed by atoms with Crippen LogP contribution in [0.4, 0.5) is 5.13 Å². The zero-order valence-electron chi connectivity index (χ0n) is 16.0. The average Bonchev–Trinajstić information content (AvgIpc) is 3.47. The van der Waals surface area contributed by atoms with Gasteiger partial charge in [0.2, 0.25) is 16.9 Å². The maximum absolute atomic E-state index is 12.2. The summed E-state index contributed by atoms with van der Waals surface area (Å²) in [6, 6.07) is 7.73. The number of nitrogens with one attached hydrogen (secondary N) is 1. The topological polar surface area (TPSA) is 93.7 Å². The van der Waals surface area contributed by atoms with E-state index < -0.39 is 0 Å². The van der Waals surface area contributed by atoms with Gasteiger partial charge in [0.1, 0.15) is 12.7 Å². The smallest absolute Gasteiger partial charge is 0.230 e. The number of fused-ring (bicyclic) bond motifs is 1. The van der Waals surface area contributed by atoms with Gasteiger partial charge < -0.3 is 14.8 Å². The Morgan fingerprint density at radius 1 is 1.28 bits per heavy atom. The van der Waals surface area contributed by atoms with Crippen LogP contribution in [0.2, 0.25) is 0 Å². The lowest BCUT2D eigenvalue weighted by Crippen LogP contribution is -2.41. The molecule has 1 saturated carbocycles. The molecule has 1 fully saturated rings. The van der Waals surface area contributed by atoms with Crippen LogP contribution in [0.5, 0.6) is 11.5 Å². The zero-order valence-corrected chi connectivity index (χ0v) is 17.6. The summed E-state index contributed by atoms with van der Waals surface area (Å²) in [4.78, 5) is 26.1. The first kappa shape index (κ1) is 20.0. The molecular formula is C19H22N4O4S2.